The second-order valence-electron chi connectivity index (χ2n) is 5.84. The Balaban J connectivity index is 1.61. The Morgan fingerprint density at radius 1 is 1.26 bits per heavy atom. The fraction of sp³-hybridized carbons (Fsp3) is 0.412. The zero-order valence-electron chi connectivity index (χ0n) is 13.1. The normalized spacial score (nSPS) is 18.0. The molecule has 1 aliphatic rings. The first-order valence-corrected chi connectivity index (χ1v) is 7.75. The number of hydrogen-bond acceptors (Lipinski definition) is 4. The van der Waals surface area contributed by atoms with E-state index in [1.165, 1.54) is 6.26 Å². The van der Waals surface area contributed by atoms with E-state index in [1.807, 2.05) is 6.07 Å². The van der Waals surface area contributed by atoms with Crippen molar-refractivity contribution in [1.82, 2.24) is 9.80 Å². The maximum Gasteiger partial charge on any atom is 0.289 e. The molecule has 6 heteroatoms. The van der Waals surface area contributed by atoms with Crippen molar-refractivity contribution in [3.63, 3.8) is 0 Å². The highest BCUT2D eigenvalue weighted by molar-refractivity contribution is 5.92. The van der Waals surface area contributed by atoms with Gasteiger partial charge >= 0.3 is 0 Å². The van der Waals surface area contributed by atoms with Gasteiger partial charge in [0.15, 0.2) is 5.76 Å². The van der Waals surface area contributed by atoms with Crippen LogP contribution in [0, 0.1) is 5.92 Å². The van der Waals surface area contributed by atoms with Gasteiger partial charge in [-0.3, -0.25) is 9.59 Å². The molecule has 2 aromatic heterocycles. The van der Waals surface area contributed by atoms with Crippen molar-refractivity contribution >= 4 is 11.8 Å². The molecule has 0 spiro atoms. The molecule has 1 aliphatic heterocycles. The summed E-state index contributed by atoms with van der Waals surface area (Å²) in [5.74, 6) is 0.782. The van der Waals surface area contributed by atoms with E-state index in [0.29, 0.717) is 25.4 Å². The maximum atomic E-state index is 12.6. The Bertz CT molecular complexity index is 648. The molecule has 0 radical (unpaired) electrons. The third-order valence-electron chi connectivity index (χ3n) is 4.14. The summed E-state index contributed by atoms with van der Waals surface area (Å²) in [6.45, 7) is 1.53. The fourth-order valence-corrected chi connectivity index (χ4v) is 2.95. The van der Waals surface area contributed by atoms with Gasteiger partial charge in [0.2, 0.25) is 5.91 Å². The number of amides is 2. The summed E-state index contributed by atoms with van der Waals surface area (Å²) < 4.78 is 10.4. The number of rotatable bonds is 4. The van der Waals surface area contributed by atoms with Gasteiger partial charge in [-0.05, 0) is 37.1 Å². The van der Waals surface area contributed by atoms with Gasteiger partial charge < -0.3 is 18.6 Å². The number of piperidine rings is 1. The lowest BCUT2D eigenvalue weighted by atomic mass is 9.96. The zero-order chi connectivity index (χ0) is 16.2. The van der Waals surface area contributed by atoms with Crippen molar-refractivity contribution in [1.29, 1.82) is 0 Å². The number of carbonyl (C=O) groups is 2. The Kier molecular flexibility index (Phi) is 4.50. The van der Waals surface area contributed by atoms with Crippen molar-refractivity contribution in [3.8, 4) is 0 Å². The molecule has 122 valence electrons. The van der Waals surface area contributed by atoms with E-state index in [0.717, 1.165) is 18.6 Å². The van der Waals surface area contributed by atoms with Crippen molar-refractivity contribution in [2.45, 2.75) is 19.4 Å². The van der Waals surface area contributed by atoms with E-state index in [9.17, 15) is 9.59 Å². The maximum absolute atomic E-state index is 12.6. The summed E-state index contributed by atoms with van der Waals surface area (Å²) in [6.07, 6.45) is 4.69. The van der Waals surface area contributed by atoms with E-state index in [4.69, 9.17) is 8.83 Å². The predicted molar refractivity (Wildman–Crippen MR) is 82.5 cm³/mol. The van der Waals surface area contributed by atoms with E-state index in [2.05, 4.69) is 0 Å². The minimum atomic E-state index is -0.178. The minimum absolute atomic E-state index is 0.0401. The molecule has 2 amide bonds. The van der Waals surface area contributed by atoms with Crippen LogP contribution in [-0.4, -0.2) is 41.8 Å². The first-order chi connectivity index (χ1) is 11.1. The van der Waals surface area contributed by atoms with Crippen LogP contribution in [0.5, 0.6) is 0 Å². The summed E-state index contributed by atoms with van der Waals surface area (Å²) in [7, 11) is 1.76. The summed E-state index contributed by atoms with van der Waals surface area (Å²) in [4.78, 5) is 28.3. The van der Waals surface area contributed by atoms with Crippen LogP contribution in [0.25, 0.3) is 0 Å². The van der Waals surface area contributed by atoms with Crippen molar-refractivity contribution in [2.24, 2.45) is 5.92 Å². The van der Waals surface area contributed by atoms with Crippen LogP contribution in [0.3, 0.4) is 0 Å². The number of carbonyl (C=O) groups excluding carboxylic acids is 2. The van der Waals surface area contributed by atoms with E-state index in [1.54, 1.807) is 41.3 Å². The fourth-order valence-electron chi connectivity index (χ4n) is 2.95. The van der Waals surface area contributed by atoms with E-state index in [-0.39, 0.29) is 17.7 Å². The van der Waals surface area contributed by atoms with Crippen molar-refractivity contribution in [2.75, 3.05) is 20.1 Å². The first kappa shape index (κ1) is 15.4. The molecule has 0 aliphatic carbocycles. The molecule has 3 heterocycles. The van der Waals surface area contributed by atoms with Gasteiger partial charge in [-0.25, -0.2) is 0 Å². The van der Waals surface area contributed by atoms with Crippen molar-refractivity contribution in [3.05, 3.63) is 48.3 Å². The highest BCUT2D eigenvalue weighted by Crippen LogP contribution is 2.21. The van der Waals surface area contributed by atoms with Crippen LogP contribution in [0.2, 0.25) is 0 Å². The Morgan fingerprint density at radius 2 is 2.04 bits per heavy atom. The highest BCUT2D eigenvalue weighted by atomic mass is 16.3. The number of furan rings is 2. The van der Waals surface area contributed by atoms with Crippen LogP contribution in [0.15, 0.2) is 45.6 Å². The molecule has 0 N–H and O–H groups in total. The number of hydrogen-bond donors (Lipinski definition) is 0. The van der Waals surface area contributed by atoms with Crippen LogP contribution in [0.4, 0.5) is 0 Å². The largest absolute Gasteiger partial charge is 0.467 e. The predicted octanol–water partition coefficient (Wildman–Crippen LogP) is 2.38. The lowest BCUT2D eigenvalue weighted by Gasteiger charge is -2.33. The zero-order valence-corrected chi connectivity index (χ0v) is 13.1. The average Bonchev–Trinajstić information content (AvgIpc) is 3.27. The van der Waals surface area contributed by atoms with Crippen LogP contribution in [-0.2, 0) is 11.3 Å². The lowest BCUT2D eigenvalue weighted by Crippen LogP contribution is -2.45. The van der Waals surface area contributed by atoms with Gasteiger partial charge in [-0.1, -0.05) is 0 Å². The smallest absolute Gasteiger partial charge is 0.289 e. The van der Waals surface area contributed by atoms with E-state index < -0.39 is 0 Å². The molecule has 6 nitrogen and oxygen atoms in total. The third-order valence-corrected chi connectivity index (χ3v) is 4.14. The Morgan fingerprint density at radius 3 is 2.74 bits per heavy atom. The molecule has 1 saturated heterocycles. The monoisotopic (exact) mass is 316 g/mol. The Hall–Kier alpha value is -2.50. The van der Waals surface area contributed by atoms with E-state index >= 15 is 0 Å². The van der Waals surface area contributed by atoms with Crippen LogP contribution < -0.4 is 0 Å². The highest BCUT2D eigenvalue weighted by Gasteiger charge is 2.31. The summed E-state index contributed by atoms with van der Waals surface area (Å²) in [6, 6.07) is 6.99. The van der Waals surface area contributed by atoms with Gasteiger partial charge in [0, 0.05) is 20.1 Å². The van der Waals surface area contributed by atoms with Gasteiger partial charge in [0.05, 0.1) is 25.0 Å². The Labute approximate surface area is 134 Å². The lowest BCUT2D eigenvalue weighted by molar-refractivity contribution is -0.136. The van der Waals surface area contributed by atoms with Gasteiger partial charge in [-0.15, -0.1) is 0 Å². The van der Waals surface area contributed by atoms with Gasteiger partial charge in [0.25, 0.3) is 5.91 Å². The number of nitrogens with zero attached hydrogens (tertiary/aromatic N) is 2. The summed E-state index contributed by atoms with van der Waals surface area (Å²) in [5.41, 5.74) is 0. The average molecular weight is 316 g/mol. The first-order valence-electron chi connectivity index (χ1n) is 7.75. The number of likely N-dealkylation sites (tertiary alicyclic amines) is 1. The molecule has 1 fully saturated rings. The van der Waals surface area contributed by atoms with Crippen molar-refractivity contribution < 1.29 is 18.4 Å². The van der Waals surface area contributed by atoms with Crippen LogP contribution in [0.1, 0.15) is 29.2 Å². The molecular weight excluding hydrogens is 296 g/mol. The molecule has 0 saturated carbocycles. The molecule has 23 heavy (non-hydrogen) atoms. The molecule has 0 aromatic carbocycles. The molecule has 0 bridgehead atoms. The summed E-state index contributed by atoms with van der Waals surface area (Å²) >= 11 is 0. The van der Waals surface area contributed by atoms with Gasteiger partial charge in [0.1, 0.15) is 5.76 Å². The molecule has 3 rings (SSSR count). The standard InChI is InChI=1S/C17H20N2O4/c1-18(12-14-6-3-9-22-14)16(20)13-5-2-8-19(11-13)17(21)15-7-4-10-23-15/h3-4,6-7,9-10,13H,2,5,8,11-12H2,1H3. The molecule has 1 atom stereocenters. The molecule has 2 aromatic rings. The SMILES string of the molecule is CN(Cc1ccco1)C(=O)C1CCCN(C(=O)c2ccco2)C1. The third kappa shape index (κ3) is 3.47. The van der Waals surface area contributed by atoms with Gasteiger partial charge in [-0.2, -0.15) is 0 Å². The second-order valence-corrected chi connectivity index (χ2v) is 5.84. The molecule has 1 unspecified atom stereocenters. The summed E-state index contributed by atoms with van der Waals surface area (Å²) in [5, 5.41) is 0. The molecular formula is C17H20N2O4. The second kappa shape index (κ2) is 6.73. The topological polar surface area (TPSA) is 66.9 Å². The minimum Gasteiger partial charge on any atom is -0.467 e. The quantitative estimate of drug-likeness (QED) is 0.868. The van der Waals surface area contributed by atoms with Crippen LogP contribution >= 0.6 is 0 Å².